The summed E-state index contributed by atoms with van der Waals surface area (Å²) < 4.78 is 21.4. The number of benzene rings is 1. The zero-order valence-corrected chi connectivity index (χ0v) is 15.7. The van der Waals surface area contributed by atoms with E-state index in [0.717, 1.165) is 18.4 Å². The zero-order valence-electron chi connectivity index (χ0n) is 15.7. The molecule has 1 aliphatic rings. The van der Waals surface area contributed by atoms with E-state index in [1.165, 1.54) is 16.5 Å². The van der Waals surface area contributed by atoms with Crippen molar-refractivity contribution in [3.63, 3.8) is 0 Å². The fourth-order valence-corrected chi connectivity index (χ4v) is 4.07. The van der Waals surface area contributed by atoms with Crippen molar-refractivity contribution in [2.75, 3.05) is 0 Å². The highest BCUT2D eigenvalue weighted by atomic mass is 19.1. The number of nitrogens with zero attached hydrogens (tertiary/aromatic N) is 2. The van der Waals surface area contributed by atoms with Crippen LogP contribution in [-0.2, 0) is 21.6 Å². The molecule has 2 heterocycles. The minimum atomic E-state index is -0.965. The van der Waals surface area contributed by atoms with Crippen molar-refractivity contribution in [1.82, 2.24) is 9.38 Å². The third kappa shape index (κ3) is 3.09. The largest absolute Gasteiger partial charge is 0.458 e. The molecule has 6 heteroatoms. The number of esters is 1. The van der Waals surface area contributed by atoms with E-state index in [1.54, 1.807) is 30.5 Å². The molecule has 144 valence electrons. The fraction of sp³-hybridized carbons (Fsp3) is 0.318. The molecule has 0 radical (unpaired) electrons. The number of hydrogen-bond acceptors (Lipinski definition) is 4. The number of rotatable bonds is 4. The van der Waals surface area contributed by atoms with Gasteiger partial charge in [-0.3, -0.25) is 14.0 Å². The lowest BCUT2D eigenvalue weighted by Crippen LogP contribution is -2.35. The first-order valence-electron chi connectivity index (χ1n) is 9.41. The van der Waals surface area contributed by atoms with Crippen LogP contribution in [0.2, 0.25) is 0 Å². The average molecular weight is 380 g/mol. The Morgan fingerprint density at radius 1 is 1.21 bits per heavy atom. The van der Waals surface area contributed by atoms with Gasteiger partial charge in [-0.05, 0) is 37.5 Å². The molecule has 3 aromatic rings. The van der Waals surface area contributed by atoms with Gasteiger partial charge in [0.1, 0.15) is 18.1 Å². The van der Waals surface area contributed by atoms with E-state index in [-0.39, 0.29) is 18.0 Å². The maximum absolute atomic E-state index is 14.4. The van der Waals surface area contributed by atoms with E-state index in [1.807, 2.05) is 13.0 Å². The van der Waals surface area contributed by atoms with Gasteiger partial charge in [0.25, 0.3) is 5.56 Å². The van der Waals surface area contributed by atoms with Crippen molar-refractivity contribution >= 4 is 11.6 Å². The summed E-state index contributed by atoms with van der Waals surface area (Å²) >= 11 is 0. The minimum Gasteiger partial charge on any atom is -0.458 e. The van der Waals surface area contributed by atoms with Crippen LogP contribution in [-0.4, -0.2) is 15.4 Å². The van der Waals surface area contributed by atoms with Crippen molar-refractivity contribution < 1.29 is 13.9 Å². The third-order valence-electron chi connectivity index (χ3n) is 5.53. The van der Waals surface area contributed by atoms with Crippen molar-refractivity contribution in [3.05, 3.63) is 81.7 Å². The average Bonchev–Trinajstić information content (AvgIpc) is 3.18. The topological polar surface area (TPSA) is 60.7 Å². The van der Waals surface area contributed by atoms with Crippen LogP contribution in [0.1, 0.15) is 42.5 Å². The Balaban J connectivity index is 1.62. The highest BCUT2D eigenvalue weighted by molar-refractivity contribution is 5.83. The number of carbonyl (C=O) groups excluding carboxylic acids is 1. The highest BCUT2D eigenvalue weighted by Gasteiger charge is 2.45. The van der Waals surface area contributed by atoms with E-state index in [4.69, 9.17) is 4.74 Å². The molecule has 0 unspecified atom stereocenters. The summed E-state index contributed by atoms with van der Waals surface area (Å²) in [6, 6.07) is 11.4. The van der Waals surface area contributed by atoms with Gasteiger partial charge in [-0.1, -0.05) is 37.1 Å². The van der Waals surface area contributed by atoms with Crippen LogP contribution in [0.3, 0.4) is 0 Å². The predicted molar refractivity (Wildman–Crippen MR) is 103 cm³/mol. The van der Waals surface area contributed by atoms with Crippen LogP contribution < -0.4 is 5.56 Å². The van der Waals surface area contributed by atoms with Crippen LogP contribution in [0.25, 0.3) is 5.65 Å². The second kappa shape index (κ2) is 7.19. The first kappa shape index (κ1) is 18.3. The fourth-order valence-electron chi connectivity index (χ4n) is 4.07. The summed E-state index contributed by atoms with van der Waals surface area (Å²) in [5, 5.41) is 0. The van der Waals surface area contributed by atoms with Gasteiger partial charge >= 0.3 is 5.97 Å². The molecule has 1 aliphatic carbocycles. The number of ether oxygens (including phenoxy) is 1. The molecule has 5 nitrogen and oxygen atoms in total. The molecule has 0 saturated heterocycles. The number of aryl methyl sites for hydroxylation is 1. The first-order chi connectivity index (χ1) is 13.5. The maximum atomic E-state index is 14.4. The molecule has 0 amide bonds. The van der Waals surface area contributed by atoms with Gasteiger partial charge in [0.15, 0.2) is 0 Å². The highest BCUT2D eigenvalue weighted by Crippen LogP contribution is 2.43. The number of hydrogen-bond donors (Lipinski definition) is 0. The van der Waals surface area contributed by atoms with Crippen molar-refractivity contribution in [1.29, 1.82) is 0 Å². The van der Waals surface area contributed by atoms with Gasteiger partial charge in [-0.2, -0.15) is 0 Å². The monoisotopic (exact) mass is 380 g/mol. The summed E-state index contributed by atoms with van der Waals surface area (Å²) in [5.74, 6) is -0.846. The van der Waals surface area contributed by atoms with Crippen molar-refractivity contribution in [2.45, 2.75) is 44.6 Å². The lowest BCUT2D eigenvalue weighted by molar-refractivity contribution is -0.152. The van der Waals surface area contributed by atoms with Gasteiger partial charge < -0.3 is 4.74 Å². The zero-order chi connectivity index (χ0) is 19.7. The van der Waals surface area contributed by atoms with Gasteiger partial charge in [0, 0.05) is 17.8 Å². The van der Waals surface area contributed by atoms with E-state index < -0.39 is 11.4 Å². The predicted octanol–water partition coefficient (Wildman–Crippen LogP) is 3.70. The Morgan fingerprint density at radius 3 is 2.71 bits per heavy atom. The Hall–Kier alpha value is -3.02. The normalized spacial score (nSPS) is 15.6. The number of halogens is 1. The molecular weight excluding hydrogens is 359 g/mol. The summed E-state index contributed by atoms with van der Waals surface area (Å²) in [4.78, 5) is 29.8. The van der Waals surface area contributed by atoms with Crippen LogP contribution in [0.15, 0.2) is 53.5 Å². The Bertz CT molecular complexity index is 1100. The third-order valence-corrected chi connectivity index (χ3v) is 5.53. The lowest BCUT2D eigenvalue weighted by atomic mass is 9.78. The molecule has 28 heavy (non-hydrogen) atoms. The van der Waals surface area contributed by atoms with Crippen molar-refractivity contribution in [3.8, 4) is 0 Å². The van der Waals surface area contributed by atoms with Gasteiger partial charge in [-0.25, -0.2) is 9.37 Å². The van der Waals surface area contributed by atoms with E-state index in [0.29, 0.717) is 29.7 Å². The number of aromatic nitrogens is 2. The number of carbonyl (C=O) groups is 1. The standard InChI is InChI=1S/C22H21FN2O3/c1-15-7-6-12-25-19(26)13-16(24-20(15)25)14-28-21(27)22(10-4-5-11-22)17-8-2-3-9-18(17)23/h2-3,6-9,12-13H,4-5,10-11,14H2,1H3. The molecule has 4 rings (SSSR count). The second-order valence-corrected chi connectivity index (χ2v) is 7.32. The van der Waals surface area contributed by atoms with Crippen LogP contribution >= 0.6 is 0 Å². The Kier molecular flexibility index (Phi) is 4.71. The van der Waals surface area contributed by atoms with E-state index in [2.05, 4.69) is 4.98 Å². The molecule has 1 fully saturated rings. The quantitative estimate of drug-likeness (QED) is 0.648. The molecule has 1 aromatic carbocycles. The summed E-state index contributed by atoms with van der Waals surface area (Å²) in [5.41, 5.74) is 0.962. The van der Waals surface area contributed by atoms with Crippen LogP contribution in [0.4, 0.5) is 4.39 Å². The van der Waals surface area contributed by atoms with E-state index in [9.17, 15) is 14.0 Å². The molecule has 0 N–H and O–H groups in total. The van der Waals surface area contributed by atoms with Crippen LogP contribution in [0.5, 0.6) is 0 Å². The lowest BCUT2D eigenvalue weighted by Gasteiger charge is -2.27. The summed E-state index contributed by atoms with van der Waals surface area (Å²) in [7, 11) is 0. The van der Waals surface area contributed by atoms with Crippen LogP contribution in [0, 0.1) is 12.7 Å². The minimum absolute atomic E-state index is 0.116. The maximum Gasteiger partial charge on any atom is 0.317 e. The number of fused-ring (bicyclic) bond motifs is 1. The second-order valence-electron chi connectivity index (χ2n) is 7.32. The Labute approximate surface area is 161 Å². The molecule has 0 bridgehead atoms. The van der Waals surface area contributed by atoms with Gasteiger partial charge in [-0.15, -0.1) is 0 Å². The van der Waals surface area contributed by atoms with Gasteiger partial charge in [0.05, 0.1) is 11.1 Å². The first-order valence-corrected chi connectivity index (χ1v) is 9.41. The molecular formula is C22H21FN2O3. The molecule has 0 atom stereocenters. The molecule has 0 spiro atoms. The van der Waals surface area contributed by atoms with E-state index >= 15 is 0 Å². The van der Waals surface area contributed by atoms with Gasteiger partial charge in [0.2, 0.25) is 0 Å². The molecule has 2 aromatic heterocycles. The summed E-state index contributed by atoms with van der Waals surface area (Å²) in [6.45, 7) is 1.75. The van der Waals surface area contributed by atoms with Crippen molar-refractivity contribution in [2.24, 2.45) is 0 Å². The SMILES string of the molecule is Cc1cccn2c(=O)cc(COC(=O)C3(c4ccccc4F)CCCC3)nc12. The Morgan fingerprint density at radius 2 is 1.96 bits per heavy atom. The smallest absolute Gasteiger partial charge is 0.317 e. The number of pyridine rings is 1. The molecule has 0 aliphatic heterocycles. The summed E-state index contributed by atoms with van der Waals surface area (Å²) in [6.07, 6.45) is 4.45. The molecule has 1 saturated carbocycles.